The topological polar surface area (TPSA) is 109 Å². The predicted molar refractivity (Wildman–Crippen MR) is 118 cm³/mol. The van der Waals surface area contributed by atoms with Gasteiger partial charge < -0.3 is 16.4 Å². The molecule has 162 valence electrons. The van der Waals surface area contributed by atoms with E-state index >= 15 is 0 Å². The van der Waals surface area contributed by atoms with E-state index in [-0.39, 0.29) is 16.5 Å². The fraction of sp³-hybridized carbons (Fsp3) is 0.190. The van der Waals surface area contributed by atoms with Crippen LogP contribution in [0.2, 0.25) is 0 Å². The highest BCUT2D eigenvalue weighted by atomic mass is 19.3. The van der Waals surface area contributed by atoms with E-state index in [4.69, 9.17) is 11.1 Å². The van der Waals surface area contributed by atoms with Crippen LogP contribution in [-0.2, 0) is 17.9 Å². The fourth-order valence-corrected chi connectivity index (χ4v) is 2.83. The molecule has 3 aromatic rings. The second kappa shape index (κ2) is 9.75. The van der Waals surface area contributed by atoms with E-state index in [0.717, 1.165) is 11.1 Å². The number of nitrogens with two attached hydrogens (primary N) is 1. The Morgan fingerprint density at radius 3 is 2.57 bits per heavy atom. The van der Waals surface area contributed by atoms with Crippen LogP contribution in [0.1, 0.15) is 21.0 Å². The van der Waals surface area contributed by atoms with Crippen molar-refractivity contribution in [2.24, 2.45) is 0 Å². The van der Waals surface area contributed by atoms with Gasteiger partial charge in [-0.25, -0.2) is 8.78 Å². The number of nitrogens with zero attached hydrogens (tertiary/aromatic N) is 2. The monoisotopic (exact) mass is 418 g/mol. The number of para-hydroxylation sites is 1. The molecule has 0 unspecified atom stereocenters. The summed E-state index contributed by atoms with van der Waals surface area (Å²) in [4.78, 5) is 12.3. The molecule has 0 saturated heterocycles. The molecule has 0 spiro atoms. The number of anilines is 2. The minimum absolute atomic E-state index is 0. The summed E-state index contributed by atoms with van der Waals surface area (Å²) in [5.74, 6) is -0.576. The Morgan fingerprint density at radius 1 is 1.17 bits per heavy atom. The number of nitrogen functional groups attached to an aromatic ring is 1. The van der Waals surface area contributed by atoms with Crippen molar-refractivity contribution in [1.29, 1.82) is 5.41 Å². The van der Waals surface area contributed by atoms with Crippen LogP contribution in [0.25, 0.3) is 0 Å². The molecule has 3 rings (SSSR count). The molecule has 0 aliphatic rings. The van der Waals surface area contributed by atoms with Crippen molar-refractivity contribution in [3.8, 4) is 0 Å². The van der Waals surface area contributed by atoms with E-state index in [1.807, 2.05) is 24.3 Å². The van der Waals surface area contributed by atoms with E-state index in [2.05, 4.69) is 15.7 Å². The molecule has 5 N–H and O–H groups in total. The first-order valence-electron chi connectivity index (χ1n) is 9.26. The van der Waals surface area contributed by atoms with Crippen molar-refractivity contribution in [3.63, 3.8) is 0 Å². The highest BCUT2D eigenvalue weighted by Crippen LogP contribution is 2.14. The molecule has 0 atom stereocenters. The van der Waals surface area contributed by atoms with Crippen molar-refractivity contribution in [2.45, 2.75) is 19.5 Å². The first-order valence-corrected chi connectivity index (χ1v) is 9.26. The van der Waals surface area contributed by atoms with Crippen molar-refractivity contribution in [1.82, 2.24) is 15.1 Å². The number of halogens is 2. The van der Waals surface area contributed by atoms with Crippen LogP contribution in [0.15, 0.2) is 60.9 Å². The molecule has 30 heavy (non-hydrogen) atoms. The summed E-state index contributed by atoms with van der Waals surface area (Å²) in [6, 6.07) is 14.2. The summed E-state index contributed by atoms with van der Waals surface area (Å²) in [5.41, 5.74) is 8.67. The molecule has 7 nitrogen and oxygen atoms in total. The molecule has 2 aromatic carbocycles. The summed E-state index contributed by atoms with van der Waals surface area (Å²) >= 11 is 0. The first kappa shape index (κ1) is 21.1. The summed E-state index contributed by atoms with van der Waals surface area (Å²) in [7, 11) is 0. The number of carbonyl (C=O) groups excluding carboxylic acids is 1. The maximum atomic E-state index is 12.3. The number of nitrogens with one attached hydrogen (secondary N) is 3. The number of benzene rings is 2. The first-order chi connectivity index (χ1) is 14.4. The number of hydrogen-bond acceptors (Lipinski definition) is 5. The third-order valence-electron chi connectivity index (χ3n) is 4.34. The highest BCUT2D eigenvalue weighted by Gasteiger charge is 2.15. The number of hydrogen-bond donors (Lipinski definition) is 4. The second-order valence-corrected chi connectivity index (χ2v) is 6.68. The Balaban J connectivity index is 0.00000341. The molecule has 1 heterocycles. The van der Waals surface area contributed by atoms with Crippen molar-refractivity contribution >= 4 is 23.0 Å². The van der Waals surface area contributed by atoms with Gasteiger partial charge in [-0.3, -0.25) is 14.9 Å². The van der Waals surface area contributed by atoms with E-state index in [0.29, 0.717) is 30.0 Å². The summed E-state index contributed by atoms with van der Waals surface area (Å²) < 4.78 is 26.0. The lowest BCUT2D eigenvalue weighted by molar-refractivity contribution is -0.110. The molecule has 0 saturated carbocycles. The number of amides is 1. The smallest absolute Gasteiger partial charge is 0.274 e. The lowest BCUT2D eigenvalue weighted by Gasteiger charge is -2.07. The van der Waals surface area contributed by atoms with Crippen LogP contribution in [0.4, 0.5) is 20.2 Å². The number of rotatable bonds is 9. The number of carbonyl (C=O) groups is 1. The maximum Gasteiger partial charge on any atom is 0.274 e. The number of alkyl halides is 2. The standard InChI is InChI=1S/C21H22F2N6O.3H2/c22-19(23)11-26-9-14-5-7-15(8-6-14)12-29-13-16(10-27-29)28-21(30)20(25)17-3-1-2-4-18(17)24;;;/h1-8,10,13,19,25-26H,9,11-12,24H2,(H,28,30);3*1H. The predicted octanol–water partition coefficient (Wildman–Crippen LogP) is 3.61. The van der Waals surface area contributed by atoms with Gasteiger partial charge in [-0.2, -0.15) is 5.10 Å². The molecule has 0 aliphatic heterocycles. The molecule has 0 bridgehead atoms. The Bertz CT molecular complexity index is 1030. The minimum Gasteiger partial charge on any atom is -0.398 e. The molecule has 0 fully saturated rings. The lowest BCUT2D eigenvalue weighted by Crippen LogP contribution is -2.23. The van der Waals surface area contributed by atoms with Crippen LogP contribution in [-0.4, -0.2) is 34.4 Å². The van der Waals surface area contributed by atoms with Gasteiger partial charge in [0.05, 0.1) is 25.0 Å². The van der Waals surface area contributed by atoms with Crippen molar-refractivity contribution in [2.75, 3.05) is 17.6 Å². The zero-order valence-corrected chi connectivity index (χ0v) is 16.1. The van der Waals surface area contributed by atoms with Crippen LogP contribution in [0, 0.1) is 5.41 Å². The molecule has 0 radical (unpaired) electrons. The summed E-state index contributed by atoms with van der Waals surface area (Å²) in [5, 5.41) is 17.6. The minimum atomic E-state index is -2.37. The number of aromatic nitrogens is 2. The van der Waals surface area contributed by atoms with Gasteiger partial charge in [0.25, 0.3) is 12.3 Å². The quantitative estimate of drug-likeness (QED) is 0.314. The summed E-state index contributed by atoms with van der Waals surface area (Å²) in [6.07, 6.45) is 0.798. The van der Waals surface area contributed by atoms with Gasteiger partial charge in [0.1, 0.15) is 5.71 Å². The second-order valence-electron chi connectivity index (χ2n) is 6.68. The molecular weight excluding hydrogens is 390 g/mol. The van der Waals surface area contributed by atoms with Gasteiger partial charge in [-0.15, -0.1) is 0 Å². The Hall–Kier alpha value is -3.59. The third kappa shape index (κ3) is 5.71. The van der Waals surface area contributed by atoms with Gasteiger partial charge in [-0.1, -0.05) is 42.5 Å². The molecule has 1 amide bonds. The average molecular weight is 418 g/mol. The fourth-order valence-electron chi connectivity index (χ4n) is 2.83. The zero-order chi connectivity index (χ0) is 21.5. The molecule has 0 aliphatic carbocycles. The van der Waals surface area contributed by atoms with E-state index in [1.54, 1.807) is 35.1 Å². The molecule has 9 heteroatoms. The van der Waals surface area contributed by atoms with E-state index in [9.17, 15) is 13.6 Å². The Kier molecular flexibility index (Phi) is 6.87. The Labute approximate surface area is 176 Å². The van der Waals surface area contributed by atoms with Gasteiger partial charge in [0.2, 0.25) is 0 Å². The largest absolute Gasteiger partial charge is 0.398 e. The van der Waals surface area contributed by atoms with Gasteiger partial charge >= 0.3 is 0 Å². The van der Waals surface area contributed by atoms with Gasteiger partial charge in [-0.05, 0) is 17.2 Å². The van der Waals surface area contributed by atoms with Crippen LogP contribution in [0.5, 0.6) is 0 Å². The SMILES string of the molecule is N=C(C(=O)Nc1cnn(Cc2ccc(CNCC(F)F)cc2)c1)c1ccccc1N.[HH].[HH].[HH]. The highest BCUT2D eigenvalue weighted by molar-refractivity contribution is 6.48. The molecular formula is C21H28F2N6O. The van der Waals surface area contributed by atoms with Gasteiger partial charge in [0.15, 0.2) is 0 Å². The van der Waals surface area contributed by atoms with Crippen LogP contribution < -0.4 is 16.4 Å². The normalized spacial score (nSPS) is 10.9. The maximum absolute atomic E-state index is 12.3. The Morgan fingerprint density at radius 2 is 1.87 bits per heavy atom. The summed E-state index contributed by atoms with van der Waals surface area (Å²) in [6.45, 7) is 0.516. The van der Waals surface area contributed by atoms with E-state index < -0.39 is 12.3 Å². The van der Waals surface area contributed by atoms with E-state index in [1.165, 1.54) is 6.20 Å². The van der Waals surface area contributed by atoms with Crippen molar-refractivity contribution in [3.05, 3.63) is 77.6 Å². The molecule has 1 aromatic heterocycles. The van der Waals surface area contributed by atoms with Crippen LogP contribution >= 0.6 is 0 Å². The lowest BCUT2D eigenvalue weighted by atomic mass is 10.1. The van der Waals surface area contributed by atoms with Gasteiger partial charge in [0, 0.05) is 28.3 Å². The van der Waals surface area contributed by atoms with Crippen LogP contribution in [0.3, 0.4) is 0 Å². The third-order valence-corrected chi connectivity index (χ3v) is 4.34. The zero-order valence-electron chi connectivity index (χ0n) is 16.1. The average Bonchev–Trinajstić information content (AvgIpc) is 3.15. The van der Waals surface area contributed by atoms with Crippen molar-refractivity contribution < 1.29 is 17.9 Å².